The number of likely N-dealkylation sites (tertiary alicyclic amines) is 1. The Labute approximate surface area is 167 Å². The lowest BCUT2D eigenvalue weighted by atomic mass is 9.96. The van der Waals surface area contributed by atoms with E-state index >= 15 is 0 Å². The van der Waals surface area contributed by atoms with E-state index in [4.69, 9.17) is 0 Å². The standard InChI is InChI=1S/C19H31N5O2.ClH/c1-3-22(4-2)19(26)15-6-5-10-23(14-15)18(25)8-7-16-12-17-13-20-9-11-24(17)21-16;/h12,15,20H,3-11,13-14H2,1-2H3;1H. The van der Waals surface area contributed by atoms with Crippen molar-refractivity contribution in [1.29, 1.82) is 0 Å². The van der Waals surface area contributed by atoms with Crippen molar-refractivity contribution in [2.75, 3.05) is 32.7 Å². The molecule has 27 heavy (non-hydrogen) atoms. The van der Waals surface area contributed by atoms with Crippen LogP contribution in [-0.4, -0.2) is 64.1 Å². The fourth-order valence-corrected chi connectivity index (χ4v) is 3.97. The SMILES string of the molecule is CCN(CC)C(=O)C1CCCN(C(=O)CCc2cc3n(n2)CCNC3)C1.Cl. The van der Waals surface area contributed by atoms with Crippen molar-refractivity contribution in [3.8, 4) is 0 Å². The monoisotopic (exact) mass is 397 g/mol. The van der Waals surface area contributed by atoms with E-state index in [2.05, 4.69) is 16.5 Å². The fraction of sp³-hybridized carbons (Fsp3) is 0.737. The van der Waals surface area contributed by atoms with Crippen LogP contribution in [0, 0.1) is 5.92 Å². The van der Waals surface area contributed by atoms with Crippen LogP contribution in [0.1, 0.15) is 44.5 Å². The van der Waals surface area contributed by atoms with Crippen molar-refractivity contribution in [3.63, 3.8) is 0 Å². The molecule has 7 nitrogen and oxygen atoms in total. The summed E-state index contributed by atoms with van der Waals surface area (Å²) in [6, 6.07) is 2.10. The van der Waals surface area contributed by atoms with Gasteiger partial charge in [0.05, 0.1) is 23.9 Å². The third-order valence-corrected chi connectivity index (χ3v) is 5.51. The summed E-state index contributed by atoms with van der Waals surface area (Å²) in [5.41, 5.74) is 2.19. The summed E-state index contributed by atoms with van der Waals surface area (Å²) >= 11 is 0. The first-order valence-corrected chi connectivity index (χ1v) is 9.95. The van der Waals surface area contributed by atoms with Gasteiger partial charge in [0.15, 0.2) is 0 Å². The second kappa shape index (κ2) is 10.1. The number of carbonyl (C=O) groups is 2. The molecule has 0 radical (unpaired) electrons. The van der Waals surface area contributed by atoms with Crippen molar-refractivity contribution < 1.29 is 9.59 Å². The molecule has 1 saturated heterocycles. The average Bonchev–Trinajstić information content (AvgIpc) is 3.10. The number of carbonyl (C=O) groups excluding carboxylic acids is 2. The van der Waals surface area contributed by atoms with Crippen LogP contribution in [0.15, 0.2) is 6.07 Å². The molecule has 0 aromatic carbocycles. The van der Waals surface area contributed by atoms with Crippen molar-refractivity contribution in [3.05, 3.63) is 17.5 Å². The molecule has 8 heteroatoms. The predicted molar refractivity (Wildman–Crippen MR) is 107 cm³/mol. The summed E-state index contributed by atoms with van der Waals surface area (Å²) in [6.07, 6.45) is 2.94. The van der Waals surface area contributed by atoms with Crippen molar-refractivity contribution >= 4 is 24.2 Å². The van der Waals surface area contributed by atoms with Gasteiger partial charge in [-0.2, -0.15) is 5.10 Å². The highest BCUT2D eigenvalue weighted by Gasteiger charge is 2.30. The molecule has 1 unspecified atom stereocenters. The average molecular weight is 398 g/mol. The molecule has 1 N–H and O–H groups in total. The molecule has 0 spiro atoms. The van der Waals surface area contributed by atoms with Gasteiger partial charge in [-0.1, -0.05) is 0 Å². The van der Waals surface area contributed by atoms with Crippen molar-refractivity contribution in [2.24, 2.45) is 5.92 Å². The van der Waals surface area contributed by atoms with Gasteiger partial charge in [-0.3, -0.25) is 14.3 Å². The van der Waals surface area contributed by atoms with Gasteiger partial charge < -0.3 is 15.1 Å². The van der Waals surface area contributed by atoms with Crippen LogP contribution < -0.4 is 5.32 Å². The third kappa shape index (κ3) is 5.23. The molecule has 2 aliphatic heterocycles. The third-order valence-electron chi connectivity index (χ3n) is 5.51. The van der Waals surface area contributed by atoms with Gasteiger partial charge in [0.2, 0.25) is 11.8 Å². The Balaban J connectivity index is 0.00000261. The Morgan fingerprint density at radius 3 is 2.78 bits per heavy atom. The summed E-state index contributed by atoms with van der Waals surface area (Å²) in [6.45, 7) is 9.51. The predicted octanol–water partition coefficient (Wildman–Crippen LogP) is 1.45. The topological polar surface area (TPSA) is 70.5 Å². The van der Waals surface area contributed by atoms with E-state index in [1.807, 2.05) is 28.3 Å². The summed E-state index contributed by atoms with van der Waals surface area (Å²) < 4.78 is 2.04. The second-order valence-electron chi connectivity index (χ2n) is 7.22. The van der Waals surface area contributed by atoms with E-state index < -0.39 is 0 Å². The number of piperidine rings is 1. The summed E-state index contributed by atoms with van der Waals surface area (Å²) in [4.78, 5) is 29.0. The van der Waals surface area contributed by atoms with Crippen molar-refractivity contribution in [2.45, 2.75) is 52.6 Å². The molecule has 1 atom stereocenters. The Hall–Kier alpha value is -1.60. The molecule has 0 bridgehead atoms. The molecule has 0 saturated carbocycles. The van der Waals surface area contributed by atoms with Crippen LogP contribution in [0.3, 0.4) is 0 Å². The van der Waals surface area contributed by atoms with E-state index in [-0.39, 0.29) is 30.1 Å². The number of fused-ring (bicyclic) bond motifs is 1. The fourth-order valence-electron chi connectivity index (χ4n) is 3.97. The van der Waals surface area contributed by atoms with Gasteiger partial charge in [-0.25, -0.2) is 0 Å². The molecule has 3 rings (SSSR count). The van der Waals surface area contributed by atoms with Gasteiger partial charge >= 0.3 is 0 Å². The van der Waals surface area contributed by atoms with E-state index in [0.717, 1.165) is 57.8 Å². The number of hydrogen-bond donors (Lipinski definition) is 1. The smallest absolute Gasteiger partial charge is 0.227 e. The summed E-state index contributed by atoms with van der Waals surface area (Å²) in [7, 11) is 0. The molecule has 2 aliphatic rings. The lowest BCUT2D eigenvalue weighted by Crippen LogP contribution is -2.46. The Morgan fingerprint density at radius 2 is 2.07 bits per heavy atom. The number of hydrogen-bond acceptors (Lipinski definition) is 4. The van der Waals surface area contributed by atoms with Crippen LogP contribution >= 0.6 is 12.4 Å². The minimum Gasteiger partial charge on any atom is -0.343 e. The van der Waals surface area contributed by atoms with E-state index in [0.29, 0.717) is 19.4 Å². The summed E-state index contributed by atoms with van der Waals surface area (Å²) in [5.74, 6) is 0.298. The van der Waals surface area contributed by atoms with E-state index in [9.17, 15) is 9.59 Å². The number of aromatic nitrogens is 2. The zero-order valence-corrected chi connectivity index (χ0v) is 17.3. The summed E-state index contributed by atoms with van der Waals surface area (Å²) in [5, 5.41) is 7.93. The number of nitrogens with one attached hydrogen (secondary N) is 1. The molecule has 0 aliphatic carbocycles. The van der Waals surface area contributed by atoms with Gasteiger partial charge in [0.25, 0.3) is 0 Å². The molecule has 1 aromatic heterocycles. The van der Waals surface area contributed by atoms with Crippen molar-refractivity contribution in [1.82, 2.24) is 24.9 Å². The zero-order valence-electron chi connectivity index (χ0n) is 16.4. The Bertz CT molecular complexity index is 621. The number of halogens is 1. The number of aryl methyl sites for hydroxylation is 1. The first-order chi connectivity index (χ1) is 12.6. The maximum Gasteiger partial charge on any atom is 0.227 e. The first-order valence-electron chi connectivity index (χ1n) is 9.95. The lowest BCUT2D eigenvalue weighted by Gasteiger charge is -2.34. The Kier molecular flexibility index (Phi) is 8.10. The maximum atomic E-state index is 12.6. The highest BCUT2D eigenvalue weighted by atomic mass is 35.5. The minimum absolute atomic E-state index is 0. The number of nitrogens with zero attached hydrogens (tertiary/aromatic N) is 4. The second-order valence-corrected chi connectivity index (χ2v) is 7.22. The van der Waals surface area contributed by atoms with Crippen LogP contribution in [0.4, 0.5) is 0 Å². The quantitative estimate of drug-likeness (QED) is 0.788. The molecule has 1 fully saturated rings. The van der Waals surface area contributed by atoms with E-state index in [1.54, 1.807) is 0 Å². The Morgan fingerprint density at radius 1 is 1.30 bits per heavy atom. The van der Waals surface area contributed by atoms with Crippen LogP contribution in [0.5, 0.6) is 0 Å². The first kappa shape index (κ1) is 21.7. The number of amides is 2. The zero-order chi connectivity index (χ0) is 18.5. The molecule has 152 valence electrons. The number of rotatable bonds is 6. The molecular weight excluding hydrogens is 366 g/mol. The molecule has 1 aromatic rings. The van der Waals surface area contributed by atoms with Gasteiger partial charge in [-0.15, -0.1) is 12.4 Å². The van der Waals surface area contributed by atoms with Gasteiger partial charge in [0.1, 0.15) is 0 Å². The van der Waals surface area contributed by atoms with Gasteiger partial charge in [-0.05, 0) is 32.8 Å². The molecular formula is C19H32ClN5O2. The van der Waals surface area contributed by atoms with Crippen LogP contribution in [-0.2, 0) is 29.1 Å². The largest absolute Gasteiger partial charge is 0.343 e. The maximum absolute atomic E-state index is 12.6. The minimum atomic E-state index is -0.0430. The highest BCUT2D eigenvalue weighted by molar-refractivity contribution is 5.85. The molecule has 2 amide bonds. The van der Waals surface area contributed by atoms with Crippen LogP contribution in [0.25, 0.3) is 0 Å². The highest BCUT2D eigenvalue weighted by Crippen LogP contribution is 2.20. The van der Waals surface area contributed by atoms with Gasteiger partial charge in [0, 0.05) is 52.1 Å². The molecule has 3 heterocycles. The normalized spacial score (nSPS) is 19.2. The van der Waals surface area contributed by atoms with Crippen LogP contribution in [0.2, 0.25) is 0 Å². The van der Waals surface area contributed by atoms with E-state index in [1.165, 1.54) is 5.69 Å². The lowest BCUT2D eigenvalue weighted by molar-refractivity contribution is -0.140.